The maximum Gasteiger partial charge on any atom is 0.191 e. The van der Waals surface area contributed by atoms with Crippen LogP contribution >= 0.6 is 31.9 Å². The van der Waals surface area contributed by atoms with Gasteiger partial charge >= 0.3 is 0 Å². The van der Waals surface area contributed by atoms with Crippen LogP contribution < -0.4 is 0 Å². The highest BCUT2D eigenvalue weighted by molar-refractivity contribution is 9.28. The van der Waals surface area contributed by atoms with Gasteiger partial charge in [0.25, 0.3) is 0 Å². The lowest BCUT2D eigenvalue weighted by Crippen LogP contribution is -1.94. The zero-order valence-corrected chi connectivity index (χ0v) is 11.6. The first-order valence-electron chi connectivity index (χ1n) is 4.38. The van der Waals surface area contributed by atoms with E-state index in [4.69, 9.17) is 9.47 Å². The molecule has 0 rings (SSSR count). The molecule has 14 heavy (non-hydrogen) atoms. The maximum atomic E-state index is 5.45. The number of allylic oxidation sites excluding steroid dienone is 1. The van der Waals surface area contributed by atoms with Crippen LogP contribution in [-0.4, -0.2) is 20.3 Å². The van der Waals surface area contributed by atoms with E-state index in [1.807, 2.05) is 0 Å². The molecule has 0 aromatic heterocycles. The van der Waals surface area contributed by atoms with E-state index in [9.17, 15) is 0 Å². The Morgan fingerprint density at radius 2 is 2.07 bits per heavy atom. The molecule has 4 heteroatoms. The fourth-order valence-electron chi connectivity index (χ4n) is 0.645. The molecule has 0 aliphatic rings. The average molecular weight is 326 g/mol. The van der Waals surface area contributed by atoms with Gasteiger partial charge in [0.2, 0.25) is 0 Å². The molecule has 0 heterocycles. The molecule has 0 saturated carbocycles. The Kier molecular flexibility index (Phi) is 9.58. The van der Waals surface area contributed by atoms with Crippen LogP contribution in [0.25, 0.3) is 0 Å². The van der Waals surface area contributed by atoms with E-state index >= 15 is 0 Å². The highest BCUT2D eigenvalue weighted by Gasteiger charge is 1.98. The van der Waals surface area contributed by atoms with Gasteiger partial charge in [0, 0.05) is 7.11 Å². The van der Waals surface area contributed by atoms with Gasteiger partial charge in [0.15, 0.2) is 5.76 Å². The zero-order chi connectivity index (χ0) is 10.8. The SMILES string of the molecule is CCCCOC(C#CCOC)=C(Br)Br. The van der Waals surface area contributed by atoms with Crippen molar-refractivity contribution in [2.24, 2.45) is 0 Å². The van der Waals surface area contributed by atoms with E-state index in [2.05, 4.69) is 50.6 Å². The third kappa shape index (κ3) is 7.43. The molecule has 0 bridgehead atoms. The lowest BCUT2D eigenvalue weighted by molar-refractivity contribution is 0.222. The standard InChI is InChI=1S/C10H14Br2O2/c1-3-4-8-14-9(10(11)12)6-5-7-13-2/h3-4,7-8H2,1-2H3. The molecule has 0 spiro atoms. The second-order valence-corrected chi connectivity index (χ2v) is 5.18. The molecular formula is C10H14Br2O2. The van der Waals surface area contributed by atoms with Crippen molar-refractivity contribution < 1.29 is 9.47 Å². The molecule has 0 aliphatic carbocycles. The highest BCUT2D eigenvalue weighted by atomic mass is 79.9. The summed E-state index contributed by atoms with van der Waals surface area (Å²) in [7, 11) is 1.61. The molecule has 0 fully saturated rings. The van der Waals surface area contributed by atoms with Crippen LogP contribution in [0.4, 0.5) is 0 Å². The Labute approximate surface area is 102 Å². The monoisotopic (exact) mass is 324 g/mol. The minimum Gasteiger partial charge on any atom is -0.484 e. The topological polar surface area (TPSA) is 18.5 Å². The molecule has 2 nitrogen and oxygen atoms in total. The van der Waals surface area contributed by atoms with Crippen LogP contribution in [0, 0.1) is 11.8 Å². The minimum atomic E-state index is 0.411. The van der Waals surface area contributed by atoms with Crippen molar-refractivity contribution in [1.82, 2.24) is 0 Å². The van der Waals surface area contributed by atoms with E-state index < -0.39 is 0 Å². The predicted molar refractivity (Wildman–Crippen MR) is 65.4 cm³/mol. The summed E-state index contributed by atoms with van der Waals surface area (Å²) >= 11 is 6.55. The molecular weight excluding hydrogens is 312 g/mol. The van der Waals surface area contributed by atoms with Crippen molar-refractivity contribution in [2.45, 2.75) is 19.8 Å². The van der Waals surface area contributed by atoms with E-state index in [1.54, 1.807) is 7.11 Å². The van der Waals surface area contributed by atoms with Gasteiger partial charge in [-0.25, -0.2) is 0 Å². The van der Waals surface area contributed by atoms with Gasteiger partial charge in [-0.3, -0.25) is 0 Å². The summed E-state index contributed by atoms with van der Waals surface area (Å²) in [6.45, 7) is 3.22. The fraction of sp³-hybridized carbons (Fsp3) is 0.600. The molecule has 0 N–H and O–H groups in total. The quantitative estimate of drug-likeness (QED) is 0.438. The van der Waals surface area contributed by atoms with Crippen LogP contribution in [0.5, 0.6) is 0 Å². The first-order chi connectivity index (χ1) is 6.72. The van der Waals surface area contributed by atoms with Crippen LogP contribution in [0.1, 0.15) is 19.8 Å². The second kappa shape index (κ2) is 9.57. The summed E-state index contributed by atoms with van der Waals surface area (Å²) in [6.07, 6.45) is 2.14. The number of ether oxygens (including phenoxy) is 2. The van der Waals surface area contributed by atoms with Gasteiger partial charge in [-0.2, -0.15) is 0 Å². The number of unbranched alkanes of at least 4 members (excludes halogenated alkanes) is 1. The summed E-state index contributed by atoms with van der Waals surface area (Å²) in [5, 5.41) is 0. The lowest BCUT2D eigenvalue weighted by Gasteiger charge is -2.03. The van der Waals surface area contributed by atoms with Crippen molar-refractivity contribution in [3.63, 3.8) is 0 Å². The number of methoxy groups -OCH3 is 1. The van der Waals surface area contributed by atoms with Crippen LogP contribution in [0.2, 0.25) is 0 Å². The summed E-state index contributed by atoms with van der Waals surface area (Å²) in [5.41, 5.74) is 0. The van der Waals surface area contributed by atoms with E-state index in [0.717, 1.165) is 16.2 Å². The Morgan fingerprint density at radius 1 is 1.36 bits per heavy atom. The molecule has 0 radical (unpaired) electrons. The van der Waals surface area contributed by atoms with Gasteiger partial charge in [-0.05, 0) is 44.2 Å². The smallest absolute Gasteiger partial charge is 0.191 e. The first kappa shape index (κ1) is 14.0. The molecule has 80 valence electrons. The van der Waals surface area contributed by atoms with E-state index in [0.29, 0.717) is 19.0 Å². The van der Waals surface area contributed by atoms with Gasteiger partial charge in [0.1, 0.15) is 10.00 Å². The third-order valence-corrected chi connectivity index (χ3v) is 2.05. The summed E-state index contributed by atoms with van der Waals surface area (Å²) in [6, 6.07) is 0. The van der Waals surface area contributed by atoms with Gasteiger partial charge in [-0.1, -0.05) is 19.3 Å². The van der Waals surface area contributed by atoms with Gasteiger partial charge in [-0.15, -0.1) is 0 Å². The van der Waals surface area contributed by atoms with Crippen molar-refractivity contribution in [3.8, 4) is 11.8 Å². The Balaban J connectivity index is 4.07. The zero-order valence-electron chi connectivity index (χ0n) is 8.40. The van der Waals surface area contributed by atoms with E-state index in [1.165, 1.54) is 0 Å². The summed E-state index contributed by atoms with van der Waals surface area (Å²) in [5.74, 6) is 6.32. The Bertz CT molecular complexity index is 234. The largest absolute Gasteiger partial charge is 0.484 e. The predicted octanol–water partition coefficient (Wildman–Crippen LogP) is 3.41. The van der Waals surface area contributed by atoms with Crippen LogP contribution in [0.15, 0.2) is 9.15 Å². The Hall–Kier alpha value is 0.0200. The normalized spacial score (nSPS) is 8.86. The number of halogens is 2. The second-order valence-electron chi connectivity index (χ2n) is 2.53. The lowest BCUT2D eigenvalue weighted by atomic mass is 10.4. The van der Waals surface area contributed by atoms with Crippen molar-refractivity contribution in [1.29, 1.82) is 0 Å². The maximum absolute atomic E-state index is 5.45. The summed E-state index contributed by atoms with van der Waals surface area (Å²) in [4.78, 5) is 0. The van der Waals surface area contributed by atoms with Gasteiger partial charge in [0.05, 0.1) is 6.61 Å². The molecule has 0 aromatic rings. The van der Waals surface area contributed by atoms with Gasteiger partial charge < -0.3 is 9.47 Å². The molecule has 0 atom stereocenters. The molecule has 0 unspecified atom stereocenters. The number of hydrogen-bond acceptors (Lipinski definition) is 2. The minimum absolute atomic E-state index is 0.411. The highest BCUT2D eigenvalue weighted by Crippen LogP contribution is 2.19. The molecule has 0 aliphatic heterocycles. The van der Waals surface area contributed by atoms with Crippen LogP contribution in [0.3, 0.4) is 0 Å². The van der Waals surface area contributed by atoms with Crippen molar-refractivity contribution >= 4 is 31.9 Å². The number of rotatable bonds is 5. The Morgan fingerprint density at radius 3 is 2.57 bits per heavy atom. The number of hydrogen-bond donors (Lipinski definition) is 0. The first-order valence-corrected chi connectivity index (χ1v) is 5.96. The molecule has 0 saturated heterocycles. The average Bonchev–Trinajstić information content (AvgIpc) is 2.15. The summed E-state index contributed by atoms with van der Waals surface area (Å²) < 4.78 is 11.0. The third-order valence-electron chi connectivity index (χ3n) is 1.33. The molecule has 0 aromatic carbocycles. The van der Waals surface area contributed by atoms with Crippen LogP contribution in [-0.2, 0) is 9.47 Å². The molecule has 0 amide bonds. The fourth-order valence-corrected chi connectivity index (χ4v) is 1.07. The van der Waals surface area contributed by atoms with Crippen molar-refractivity contribution in [3.05, 3.63) is 9.15 Å². The van der Waals surface area contributed by atoms with Crippen molar-refractivity contribution in [2.75, 3.05) is 20.3 Å². The van der Waals surface area contributed by atoms with E-state index in [-0.39, 0.29) is 0 Å².